The summed E-state index contributed by atoms with van der Waals surface area (Å²) in [5.74, 6) is -0.295. The van der Waals surface area contributed by atoms with E-state index in [-0.39, 0.29) is 30.2 Å². The molecule has 5 nitrogen and oxygen atoms in total. The van der Waals surface area contributed by atoms with Gasteiger partial charge in [0, 0.05) is 11.5 Å². The largest absolute Gasteiger partial charge is 0.494 e. The minimum absolute atomic E-state index is 0.0859. The fraction of sp³-hybridized carbons (Fsp3) is 0.458. The van der Waals surface area contributed by atoms with E-state index in [9.17, 15) is 14.3 Å². The van der Waals surface area contributed by atoms with Gasteiger partial charge in [0.15, 0.2) is 0 Å². The fourth-order valence-corrected chi connectivity index (χ4v) is 4.81. The molecule has 162 valence electrons. The average molecular weight is 424 g/mol. The molecule has 2 aromatic carbocycles. The van der Waals surface area contributed by atoms with E-state index in [2.05, 4.69) is 0 Å². The van der Waals surface area contributed by atoms with Gasteiger partial charge >= 0.3 is 13.1 Å². The first-order valence-corrected chi connectivity index (χ1v) is 10.7. The topological polar surface area (TPSA) is 65.0 Å². The zero-order valence-electron chi connectivity index (χ0n) is 18.1. The molecule has 1 saturated heterocycles. The van der Waals surface area contributed by atoms with Crippen molar-refractivity contribution in [1.82, 2.24) is 0 Å². The highest BCUT2D eigenvalue weighted by Gasteiger charge is 2.59. The van der Waals surface area contributed by atoms with Crippen molar-refractivity contribution in [2.24, 2.45) is 11.8 Å². The molecule has 0 spiro atoms. The van der Waals surface area contributed by atoms with Gasteiger partial charge in [-0.05, 0) is 74.8 Å². The summed E-state index contributed by atoms with van der Waals surface area (Å²) >= 11 is 0. The number of fused-ring (bicyclic) bond motifs is 3. The second kappa shape index (κ2) is 6.81. The normalized spacial score (nSPS) is 27.0. The molecule has 3 aliphatic rings. The minimum atomic E-state index is -0.710. The maximum Gasteiger partial charge on any atom is 0.494 e. The van der Waals surface area contributed by atoms with Crippen LogP contribution in [0.25, 0.3) is 0 Å². The van der Waals surface area contributed by atoms with E-state index in [1.807, 2.05) is 45.9 Å². The average Bonchev–Trinajstić information content (AvgIpc) is 3.21. The predicted molar refractivity (Wildman–Crippen MR) is 114 cm³/mol. The lowest BCUT2D eigenvalue weighted by atomic mass is 9.78. The highest BCUT2D eigenvalue weighted by molar-refractivity contribution is 6.62. The van der Waals surface area contributed by atoms with Crippen molar-refractivity contribution < 1.29 is 28.3 Å². The van der Waals surface area contributed by atoms with E-state index in [0.717, 1.165) is 23.0 Å². The third kappa shape index (κ3) is 3.35. The standard InChI is InChI=1S/C24H26BFO5/c1-23(2)24(3,4)31-25(30-23)15-5-8-19(26)14(9-15)12-29-16-6-7-17-13(10-16)11-18-20(17)21(18)22(27)28/h5-10,18,20-21H,11-12H2,1-4H3,(H,27,28)/t18-,20+,21+/m1/s1. The van der Waals surface area contributed by atoms with Crippen LogP contribution in [-0.2, 0) is 27.1 Å². The Balaban J connectivity index is 1.29. The van der Waals surface area contributed by atoms with Crippen LogP contribution < -0.4 is 10.2 Å². The predicted octanol–water partition coefficient (Wildman–Crippen LogP) is 3.67. The third-order valence-electron chi connectivity index (χ3n) is 7.37. The smallest absolute Gasteiger partial charge is 0.489 e. The van der Waals surface area contributed by atoms with Gasteiger partial charge in [0.05, 0.1) is 17.1 Å². The summed E-state index contributed by atoms with van der Waals surface area (Å²) in [6.07, 6.45) is 0.764. The molecule has 2 aliphatic carbocycles. The van der Waals surface area contributed by atoms with Gasteiger partial charge in [-0.2, -0.15) is 0 Å². The zero-order valence-corrected chi connectivity index (χ0v) is 18.1. The summed E-state index contributed by atoms with van der Waals surface area (Å²) < 4.78 is 32.5. The summed E-state index contributed by atoms with van der Waals surface area (Å²) in [6.45, 7) is 8.02. The summed E-state index contributed by atoms with van der Waals surface area (Å²) in [5.41, 5.74) is 2.50. The van der Waals surface area contributed by atoms with Crippen LogP contribution in [0.4, 0.5) is 4.39 Å². The first-order valence-electron chi connectivity index (χ1n) is 10.7. The Morgan fingerprint density at radius 2 is 1.87 bits per heavy atom. The van der Waals surface area contributed by atoms with Crippen LogP contribution >= 0.6 is 0 Å². The lowest BCUT2D eigenvalue weighted by Gasteiger charge is -2.32. The van der Waals surface area contributed by atoms with Crippen molar-refractivity contribution in [2.75, 3.05) is 0 Å². The van der Waals surface area contributed by atoms with Crippen molar-refractivity contribution >= 4 is 18.6 Å². The zero-order chi connectivity index (χ0) is 22.1. The molecule has 0 aromatic heterocycles. The van der Waals surface area contributed by atoms with Gasteiger partial charge < -0.3 is 19.2 Å². The molecule has 2 aromatic rings. The third-order valence-corrected chi connectivity index (χ3v) is 7.37. The highest BCUT2D eigenvalue weighted by atomic mass is 19.1. The Morgan fingerprint density at radius 1 is 1.16 bits per heavy atom. The lowest BCUT2D eigenvalue weighted by molar-refractivity contribution is -0.139. The molecule has 1 aliphatic heterocycles. The van der Waals surface area contributed by atoms with E-state index < -0.39 is 24.3 Å². The molecule has 0 bridgehead atoms. The van der Waals surface area contributed by atoms with E-state index in [1.54, 1.807) is 12.1 Å². The van der Waals surface area contributed by atoms with Crippen molar-refractivity contribution in [3.05, 3.63) is 58.9 Å². The molecule has 1 heterocycles. The number of halogens is 1. The minimum Gasteiger partial charge on any atom is -0.489 e. The summed E-state index contributed by atoms with van der Waals surface area (Å²) in [6, 6.07) is 10.6. The monoisotopic (exact) mass is 424 g/mol. The maximum absolute atomic E-state index is 14.4. The number of rotatable bonds is 5. The van der Waals surface area contributed by atoms with Crippen LogP contribution in [0.1, 0.15) is 50.3 Å². The fourth-order valence-electron chi connectivity index (χ4n) is 4.81. The molecule has 0 radical (unpaired) electrons. The van der Waals surface area contributed by atoms with Gasteiger partial charge in [-0.3, -0.25) is 4.79 Å². The second-order valence-electron chi connectivity index (χ2n) is 9.85. The summed E-state index contributed by atoms with van der Waals surface area (Å²) in [5, 5.41) is 9.26. The van der Waals surface area contributed by atoms with Crippen molar-refractivity contribution in [2.45, 2.75) is 57.8 Å². The Labute approximate surface area is 181 Å². The molecular formula is C24H26BFO5. The van der Waals surface area contributed by atoms with Gasteiger partial charge in [-0.15, -0.1) is 0 Å². The number of hydrogen-bond acceptors (Lipinski definition) is 4. The van der Waals surface area contributed by atoms with Crippen molar-refractivity contribution in [1.29, 1.82) is 0 Å². The molecule has 1 N–H and O–H groups in total. The van der Waals surface area contributed by atoms with Gasteiger partial charge in [-0.25, -0.2) is 4.39 Å². The van der Waals surface area contributed by atoms with Crippen LogP contribution in [0.15, 0.2) is 36.4 Å². The van der Waals surface area contributed by atoms with Crippen LogP contribution in [0.5, 0.6) is 5.75 Å². The van der Waals surface area contributed by atoms with E-state index in [4.69, 9.17) is 14.0 Å². The van der Waals surface area contributed by atoms with Crippen LogP contribution in [0.3, 0.4) is 0 Å². The van der Waals surface area contributed by atoms with Gasteiger partial charge in [0.25, 0.3) is 0 Å². The number of carboxylic acid groups (broad SMARTS) is 1. The molecule has 5 rings (SSSR count). The molecule has 1 saturated carbocycles. The summed E-state index contributed by atoms with van der Waals surface area (Å²) in [7, 11) is -0.557. The maximum atomic E-state index is 14.4. The van der Waals surface area contributed by atoms with E-state index >= 15 is 0 Å². The molecule has 3 atom stereocenters. The van der Waals surface area contributed by atoms with E-state index in [0.29, 0.717) is 11.3 Å². The number of ether oxygens (including phenoxy) is 1. The Kier molecular flexibility index (Phi) is 4.51. The number of carbonyl (C=O) groups is 1. The van der Waals surface area contributed by atoms with Gasteiger partial charge in [0.1, 0.15) is 18.2 Å². The molecule has 31 heavy (non-hydrogen) atoms. The number of carboxylic acids is 1. The van der Waals surface area contributed by atoms with Gasteiger partial charge in [-0.1, -0.05) is 18.2 Å². The Bertz CT molecular complexity index is 1050. The Morgan fingerprint density at radius 3 is 2.55 bits per heavy atom. The number of benzene rings is 2. The first-order chi connectivity index (χ1) is 14.6. The Hall–Kier alpha value is -2.38. The molecule has 0 amide bonds. The highest BCUT2D eigenvalue weighted by Crippen LogP contribution is 2.61. The van der Waals surface area contributed by atoms with Crippen LogP contribution in [-0.4, -0.2) is 29.4 Å². The van der Waals surface area contributed by atoms with Crippen LogP contribution in [0, 0.1) is 17.7 Å². The lowest BCUT2D eigenvalue weighted by Crippen LogP contribution is -2.41. The molecule has 0 unspecified atom stereocenters. The van der Waals surface area contributed by atoms with Crippen molar-refractivity contribution in [3.63, 3.8) is 0 Å². The second-order valence-corrected chi connectivity index (χ2v) is 9.85. The quantitative estimate of drug-likeness (QED) is 0.743. The summed E-state index contributed by atoms with van der Waals surface area (Å²) in [4.78, 5) is 11.3. The SMILES string of the molecule is CC1(C)OB(c2ccc(F)c(COc3ccc4c(c3)C[C@H]3[C@H](C(=O)O)[C@@H]43)c2)OC1(C)C. The first kappa shape index (κ1) is 20.5. The van der Waals surface area contributed by atoms with E-state index in [1.165, 1.54) is 6.07 Å². The number of hydrogen-bond donors (Lipinski definition) is 1. The van der Waals surface area contributed by atoms with Crippen LogP contribution in [0.2, 0.25) is 0 Å². The van der Waals surface area contributed by atoms with Gasteiger partial charge in [0.2, 0.25) is 0 Å². The molecule has 2 fully saturated rings. The molecule has 7 heteroatoms. The molecular weight excluding hydrogens is 398 g/mol. The number of aliphatic carboxylic acids is 1. The van der Waals surface area contributed by atoms with Crippen molar-refractivity contribution in [3.8, 4) is 5.75 Å².